The second-order valence-electron chi connectivity index (χ2n) is 9.24. The summed E-state index contributed by atoms with van der Waals surface area (Å²) in [6.07, 6.45) is 7.82. The molecule has 2 atom stereocenters. The van der Waals surface area contributed by atoms with E-state index in [9.17, 15) is 0 Å². The first kappa shape index (κ1) is 21.8. The Morgan fingerprint density at radius 2 is 1.81 bits per heavy atom. The Morgan fingerprint density at radius 3 is 2.42 bits per heavy atom. The van der Waals surface area contributed by atoms with Crippen LogP contribution in [0.5, 0.6) is 5.75 Å². The number of aromatic nitrogens is 4. The summed E-state index contributed by atoms with van der Waals surface area (Å²) in [6.45, 7) is 10.8. The first-order valence-corrected chi connectivity index (χ1v) is 11.5. The highest BCUT2D eigenvalue weighted by Crippen LogP contribution is 2.29. The molecule has 4 heterocycles. The largest absolute Gasteiger partial charge is 0.490 e. The lowest BCUT2D eigenvalue weighted by Gasteiger charge is -2.33. The fourth-order valence-electron chi connectivity index (χ4n) is 4.36. The molecule has 0 aliphatic carbocycles. The normalized spacial score (nSPS) is 21.1. The van der Waals surface area contributed by atoms with Gasteiger partial charge in [0, 0.05) is 38.1 Å². The van der Waals surface area contributed by atoms with Crippen LogP contribution in [0.15, 0.2) is 16.9 Å². The lowest BCUT2D eigenvalue weighted by Crippen LogP contribution is -2.36. The van der Waals surface area contributed by atoms with E-state index in [0.29, 0.717) is 24.5 Å². The zero-order valence-corrected chi connectivity index (χ0v) is 18.9. The summed E-state index contributed by atoms with van der Waals surface area (Å²) >= 11 is 0. The van der Waals surface area contributed by atoms with Crippen LogP contribution in [0.1, 0.15) is 58.2 Å². The third-order valence-corrected chi connectivity index (χ3v) is 6.53. The topological polar surface area (TPSA) is 106 Å². The van der Waals surface area contributed by atoms with Crippen LogP contribution in [0, 0.1) is 11.8 Å². The average molecular weight is 430 g/mol. The van der Waals surface area contributed by atoms with Crippen molar-refractivity contribution in [2.75, 3.05) is 42.6 Å². The van der Waals surface area contributed by atoms with Gasteiger partial charge in [0.2, 0.25) is 5.95 Å². The number of anilines is 2. The highest BCUT2D eigenvalue weighted by molar-refractivity contribution is 5.33. The average Bonchev–Trinajstić information content (AvgIpc) is 3.44. The molecule has 0 saturated carbocycles. The van der Waals surface area contributed by atoms with Gasteiger partial charge in [-0.1, -0.05) is 25.9 Å². The second kappa shape index (κ2) is 9.80. The van der Waals surface area contributed by atoms with Crippen LogP contribution < -0.4 is 20.3 Å². The Labute approximate surface area is 184 Å². The minimum absolute atomic E-state index is 0.220. The van der Waals surface area contributed by atoms with Crippen LogP contribution in [-0.4, -0.2) is 58.9 Å². The van der Waals surface area contributed by atoms with Crippen molar-refractivity contribution < 1.29 is 9.26 Å². The maximum atomic E-state index is 5.96. The van der Waals surface area contributed by atoms with E-state index >= 15 is 0 Å². The van der Waals surface area contributed by atoms with Crippen molar-refractivity contribution in [1.29, 1.82) is 0 Å². The van der Waals surface area contributed by atoms with Gasteiger partial charge in [-0.15, -0.1) is 0 Å². The fraction of sp³-hybridized carbons (Fsp3) is 0.727. The van der Waals surface area contributed by atoms with Crippen molar-refractivity contribution >= 4 is 12.0 Å². The summed E-state index contributed by atoms with van der Waals surface area (Å²) in [5.41, 5.74) is 5.96. The molecule has 2 aliphatic heterocycles. The SMILES string of the molecule is CC(C)c1noc(N2CCC([C@H](C)CCOc3cnc(N4CC[C@@H](N)C4)nc3)CC2)n1. The third-order valence-electron chi connectivity index (χ3n) is 6.53. The van der Waals surface area contributed by atoms with Crippen LogP contribution >= 0.6 is 0 Å². The molecule has 0 amide bonds. The smallest absolute Gasteiger partial charge is 0.324 e. The van der Waals surface area contributed by atoms with E-state index in [0.717, 1.165) is 69.4 Å². The Morgan fingerprint density at radius 1 is 1.10 bits per heavy atom. The molecule has 170 valence electrons. The van der Waals surface area contributed by atoms with E-state index in [1.165, 1.54) is 0 Å². The van der Waals surface area contributed by atoms with E-state index in [4.69, 9.17) is 15.0 Å². The summed E-state index contributed by atoms with van der Waals surface area (Å²) in [7, 11) is 0. The van der Waals surface area contributed by atoms with Crippen molar-refractivity contribution in [3.8, 4) is 5.75 Å². The van der Waals surface area contributed by atoms with Crippen LogP contribution in [0.4, 0.5) is 12.0 Å². The van der Waals surface area contributed by atoms with E-state index in [2.05, 4.69) is 50.7 Å². The maximum absolute atomic E-state index is 5.96. The van der Waals surface area contributed by atoms with Gasteiger partial charge in [-0.25, -0.2) is 9.97 Å². The molecule has 2 saturated heterocycles. The Kier molecular flexibility index (Phi) is 6.89. The summed E-state index contributed by atoms with van der Waals surface area (Å²) < 4.78 is 11.4. The molecule has 9 heteroatoms. The number of ether oxygens (including phenoxy) is 1. The zero-order valence-electron chi connectivity index (χ0n) is 18.9. The number of hydrogen-bond donors (Lipinski definition) is 1. The third kappa shape index (κ3) is 5.44. The molecule has 2 fully saturated rings. The fourth-order valence-corrected chi connectivity index (χ4v) is 4.36. The minimum Gasteiger partial charge on any atom is -0.490 e. The van der Waals surface area contributed by atoms with E-state index in [1.54, 1.807) is 12.4 Å². The summed E-state index contributed by atoms with van der Waals surface area (Å²) in [5, 5.41) is 4.08. The summed E-state index contributed by atoms with van der Waals surface area (Å²) in [4.78, 5) is 17.7. The van der Waals surface area contributed by atoms with E-state index < -0.39 is 0 Å². The molecule has 2 aromatic rings. The molecule has 9 nitrogen and oxygen atoms in total. The molecule has 0 radical (unpaired) electrons. The van der Waals surface area contributed by atoms with Crippen molar-refractivity contribution in [1.82, 2.24) is 20.1 Å². The van der Waals surface area contributed by atoms with Crippen LogP contribution in [0.25, 0.3) is 0 Å². The predicted molar refractivity (Wildman–Crippen MR) is 119 cm³/mol. The Balaban J connectivity index is 1.18. The minimum atomic E-state index is 0.220. The first-order chi connectivity index (χ1) is 15.0. The summed E-state index contributed by atoms with van der Waals surface area (Å²) in [6, 6.07) is 0.884. The molecule has 0 spiro atoms. The van der Waals surface area contributed by atoms with Crippen molar-refractivity contribution in [3.05, 3.63) is 18.2 Å². The lowest BCUT2D eigenvalue weighted by molar-refractivity contribution is 0.219. The van der Waals surface area contributed by atoms with Crippen LogP contribution in [0.3, 0.4) is 0 Å². The van der Waals surface area contributed by atoms with Gasteiger partial charge in [-0.2, -0.15) is 4.98 Å². The second-order valence-corrected chi connectivity index (χ2v) is 9.24. The summed E-state index contributed by atoms with van der Waals surface area (Å²) in [5.74, 6) is 3.82. The molecule has 2 N–H and O–H groups in total. The van der Waals surface area contributed by atoms with Gasteiger partial charge in [0.25, 0.3) is 0 Å². The number of hydrogen-bond acceptors (Lipinski definition) is 9. The quantitative estimate of drug-likeness (QED) is 0.678. The molecule has 31 heavy (non-hydrogen) atoms. The van der Waals surface area contributed by atoms with Crippen molar-refractivity contribution in [2.24, 2.45) is 17.6 Å². The van der Waals surface area contributed by atoms with Crippen LogP contribution in [0.2, 0.25) is 0 Å². The number of nitrogens with zero attached hydrogens (tertiary/aromatic N) is 6. The van der Waals surface area contributed by atoms with Crippen molar-refractivity contribution in [2.45, 2.75) is 58.4 Å². The number of piperidine rings is 1. The van der Waals surface area contributed by atoms with E-state index in [1.807, 2.05) is 0 Å². The first-order valence-electron chi connectivity index (χ1n) is 11.5. The van der Waals surface area contributed by atoms with Gasteiger partial charge >= 0.3 is 6.01 Å². The zero-order chi connectivity index (χ0) is 21.8. The standard InChI is InChI=1S/C22H35N7O2/c1-15(2)20-26-22(31-27-20)28-8-4-17(5-9-28)16(3)7-11-30-19-12-24-21(25-13-19)29-10-6-18(23)14-29/h12-13,15-18H,4-11,14,23H2,1-3H3/t16-,18-/m1/s1. The highest BCUT2D eigenvalue weighted by atomic mass is 16.5. The Bertz CT molecular complexity index is 818. The predicted octanol–water partition coefficient (Wildman–Crippen LogP) is 2.84. The lowest BCUT2D eigenvalue weighted by atomic mass is 9.84. The van der Waals surface area contributed by atoms with Gasteiger partial charge in [-0.05, 0) is 37.5 Å². The monoisotopic (exact) mass is 429 g/mol. The van der Waals surface area contributed by atoms with Crippen LogP contribution in [-0.2, 0) is 0 Å². The molecule has 2 aliphatic rings. The van der Waals surface area contributed by atoms with Gasteiger partial charge in [0.05, 0.1) is 19.0 Å². The molecule has 0 aromatic carbocycles. The number of rotatable bonds is 8. The molecule has 0 bridgehead atoms. The number of nitrogens with two attached hydrogens (primary N) is 1. The van der Waals surface area contributed by atoms with Gasteiger partial charge in [-0.3, -0.25) is 0 Å². The van der Waals surface area contributed by atoms with Gasteiger partial charge < -0.3 is 24.8 Å². The molecule has 0 unspecified atom stereocenters. The van der Waals surface area contributed by atoms with E-state index in [-0.39, 0.29) is 12.0 Å². The molecular formula is C22H35N7O2. The molecule has 4 rings (SSSR count). The highest BCUT2D eigenvalue weighted by Gasteiger charge is 2.27. The van der Waals surface area contributed by atoms with Gasteiger partial charge in [0.1, 0.15) is 0 Å². The maximum Gasteiger partial charge on any atom is 0.324 e. The van der Waals surface area contributed by atoms with Crippen molar-refractivity contribution in [3.63, 3.8) is 0 Å². The molecule has 2 aromatic heterocycles. The molecular weight excluding hydrogens is 394 g/mol. The Hall–Kier alpha value is -2.42. The van der Waals surface area contributed by atoms with Gasteiger partial charge in [0.15, 0.2) is 11.6 Å².